The van der Waals surface area contributed by atoms with Crippen molar-refractivity contribution in [2.45, 2.75) is 6.54 Å². The Morgan fingerprint density at radius 3 is 2.68 bits per heavy atom. The predicted octanol–water partition coefficient (Wildman–Crippen LogP) is 1.92. The van der Waals surface area contributed by atoms with Crippen molar-refractivity contribution < 1.29 is 14.3 Å². The number of nitrogens with zero attached hydrogens (tertiary/aromatic N) is 3. The first-order valence-electron chi connectivity index (χ1n) is 6.16. The van der Waals surface area contributed by atoms with Crippen molar-refractivity contribution in [1.29, 1.82) is 0 Å². The number of amides is 1. The predicted molar refractivity (Wildman–Crippen MR) is 80.7 cm³/mol. The summed E-state index contributed by atoms with van der Waals surface area (Å²) in [4.78, 5) is 22.6. The Balaban J connectivity index is 2.19. The normalized spacial score (nSPS) is 11.5. The minimum absolute atomic E-state index is 0.0885. The maximum Gasteiger partial charge on any atom is 0.404 e. The molecule has 1 heterocycles. The van der Waals surface area contributed by atoms with Gasteiger partial charge in [0.05, 0.1) is 18.6 Å². The van der Waals surface area contributed by atoms with Crippen LogP contribution in [0.5, 0.6) is 0 Å². The van der Waals surface area contributed by atoms with E-state index in [0.717, 1.165) is 9.15 Å². The molecule has 0 atom stereocenters. The van der Waals surface area contributed by atoms with Gasteiger partial charge in [-0.15, -0.1) is 0 Å². The summed E-state index contributed by atoms with van der Waals surface area (Å²) < 4.78 is 16.0. The van der Waals surface area contributed by atoms with Crippen LogP contribution < -0.4 is 11.0 Å². The van der Waals surface area contributed by atoms with Crippen LogP contribution in [0.3, 0.4) is 0 Å². The quantitative estimate of drug-likeness (QED) is 0.841. The molecule has 1 aromatic carbocycles. The number of carboxylic acid groups (broad SMARTS) is 1. The molecule has 2 aromatic rings. The molecule has 22 heavy (non-hydrogen) atoms. The maximum absolute atomic E-state index is 12.7. The van der Waals surface area contributed by atoms with Gasteiger partial charge in [0.1, 0.15) is 6.33 Å². The summed E-state index contributed by atoms with van der Waals surface area (Å²) in [5.41, 5.74) is 0.261. The molecular formula is C13H12BrFN4O3. The molecule has 0 radical (unpaired) electrons. The third-order valence-electron chi connectivity index (χ3n) is 2.81. The summed E-state index contributed by atoms with van der Waals surface area (Å²) in [6, 6.07) is 7.02. The molecular weight excluding hydrogens is 359 g/mol. The molecule has 0 fully saturated rings. The Kier molecular flexibility index (Phi) is 5.10. The highest BCUT2D eigenvalue weighted by Gasteiger charge is 2.09. The second kappa shape index (κ2) is 7.03. The molecule has 0 aliphatic rings. The van der Waals surface area contributed by atoms with Crippen molar-refractivity contribution in [2.75, 3.05) is 6.54 Å². The molecule has 7 nitrogen and oxygen atoms in total. The number of halogens is 2. The van der Waals surface area contributed by atoms with Crippen LogP contribution in [0.2, 0.25) is 0 Å². The molecule has 0 bridgehead atoms. The van der Waals surface area contributed by atoms with Crippen LogP contribution in [-0.2, 0) is 6.54 Å². The van der Waals surface area contributed by atoms with Gasteiger partial charge in [-0.1, -0.05) is 15.9 Å². The number of hydrogen-bond donors (Lipinski definition) is 2. The molecule has 0 aliphatic carbocycles. The van der Waals surface area contributed by atoms with Gasteiger partial charge in [0.15, 0.2) is 0 Å². The first-order valence-corrected chi connectivity index (χ1v) is 6.96. The number of rotatable bonds is 5. The average molecular weight is 371 g/mol. The van der Waals surface area contributed by atoms with Crippen LogP contribution >= 0.6 is 15.9 Å². The van der Waals surface area contributed by atoms with E-state index in [2.05, 4.69) is 21.0 Å². The van der Waals surface area contributed by atoms with Gasteiger partial charge in [-0.3, -0.25) is 0 Å². The van der Waals surface area contributed by atoms with Gasteiger partial charge in [0.25, 0.3) is 0 Å². The topological polar surface area (TPSA) is 89.2 Å². The fourth-order valence-electron chi connectivity index (χ4n) is 1.73. The first kappa shape index (κ1) is 16.0. The number of benzene rings is 1. The molecule has 0 aliphatic heterocycles. The average Bonchev–Trinajstić information content (AvgIpc) is 2.85. The standard InChI is InChI=1S/C13H12BrFN4O3/c14-10-1-3-11(4-2-10)18-8-17-19(13(18)22)7-9(5-15)6-16-12(20)21/h1-5,8,16H,6-7H2,(H,20,21)/b9-5-. The Morgan fingerprint density at radius 2 is 2.09 bits per heavy atom. The van der Waals surface area contributed by atoms with Gasteiger partial charge in [-0.25, -0.2) is 23.2 Å². The number of aromatic nitrogens is 3. The minimum Gasteiger partial charge on any atom is -0.465 e. The largest absolute Gasteiger partial charge is 0.465 e. The first-order chi connectivity index (χ1) is 10.5. The van der Waals surface area contributed by atoms with Crippen LogP contribution in [0.25, 0.3) is 5.69 Å². The van der Waals surface area contributed by atoms with E-state index in [9.17, 15) is 14.0 Å². The summed E-state index contributed by atoms with van der Waals surface area (Å²) in [5.74, 6) is 0. The zero-order valence-electron chi connectivity index (χ0n) is 11.2. The van der Waals surface area contributed by atoms with Gasteiger partial charge in [0.2, 0.25) is 0 Å². The van der Waals surface area contributed by atoms with Gasteiger partial charge >= 0.3 is 11.8 Å². The van der Waals surface area contributed by atoms with Crippen LogP contribution in [-0.4, -0.2) is 32.1 Å². The third-order valence-corrected chi connectivity index (χ3v) is 3.34. The van der Waals surface area contributed by atoms with Crippen molar-refractivity contribution in [3.05, 3.63) is 57.5 Å². The van der Waals surface area contributed by atoms with Gasteiger partial charge in [-0.05, 0) is 29.8 Å². The van der Waals surface area contributed by atoms with Crippen molar-refractivity contribution in [2.24, 2.45) is 0 Å². The second-order valence-electron chi connectivity index (χ2n) is 4.34. The Morgan fingerprint density at radius 1 is 1.41 bits per heavy atom. The monoisotopic (exact) mass is 370 g/mol. The lowest BCUT2D eigenvalue weighted by Crippen LogP contribution is -2.29. The molecule has 0 spiro atoms. The fraction of sp³-hybridized carbons (Fsp3) is 0.154. The smallest absolute Gasteiger partial charge is 0.404 e. The summed E-state index contributed by atoms with van der Waals surface area (Å²) in [6.07, 6.45) is 0.319. The lowest BCUT2D eigenvalue weighted by Gasteiger charge is -2.05. The molecule has 2 N–H and O–H groups in total. The van der Waals surface area contributed by atoms with E-state index in [-0.39, 0.29) is 25.0 Å². The molecule has 9 heteroatoms. The van der Waals surface area contributed by atoms with Crippen molar-refractivity contribution in [3.8, 4) is 5.69 Å². The fourth-order valence-corrected chi connectivity index (χ4v) is 2.00. The molecule has 0 unspecified atom stereocenters. The SMILES string of the molecule is O=C(O)NC/C(=C/F)Cn1ncn(-c2ccc(Br)cc2)c1=O. The summed E-state index contributed by atoms with van der Waals surface area (Å²) in [6.45, 7) is -0.359. The van der Waals surface area contributed by atoms with E-state index < -0.39 is 11.8 Å². The highest BCUT2D eigenvalue weighted by Crippen LogP contribution is 2.12. The molecule has 0 saturated heterocycles. The lowest BCUT2D eigenvalue weighted by atomic mass is 10.3. The van der Waals surface area contributed by atoms with Crippen molar-refractivity contribution >= 4 is 22.0 Å². The van der Waals surface area contributed by atoms with E-state index in [1.54, 1.807) is 24.3 Å². The van der Waals surface area contributed by atoms with Gasteiger partial charge < -0.3 is 10.4 Å². The minimum atomic E-state index is -1.27. The summed E-state index contributed by atoms with van der Waals surface area (Å²) in [5, 5.41) is 14.4. The molecule has 1 amide bonds. The van der Waals surface area contributed by atoms with Gasteiger partial charge in [-0.2, -0.15) is 5.10 Å². The second-order valence-corrected chi connectivity index (χ2v) is 5.26. The Labute approximate surface area is 132 Å². The lowest BCUT2D eigenvalue weighted by molar-refractivity contribution is 0.195. The Bertz CT molecular complexity index is 751. The summed E-state index contributed by atoms with van der Waals surface area (Å²) in [7, 11) is 0. The number of carbonyl (C=O) groups is 1. The van der Waals surface area contributed by atoms with E-state index in [0.29, 0.717) is 5.69 Å². The molecule has 0 saturated carbocycles. The zero-order valence-corrected chi connectivity index (χ0v) is 12.8. The van der Waals surface area contributed by atoms with E-state index in [1.807, 2.05) is 5.32 Å². The van der Waals surface area contributed by atoms with E-state index in [4.69, 9.17) is 5.11 Å². The highest BCUT2D eigenvalue weighted by molar-refractivity contribution is 9.10. The summed E-state index contributed by atoms with van der Waals surface area (Å²) >= 11 is 3.30. The van der Waals surface area contributed by atoms with Crippen LogP contribution in [0.4, 0.5) is 9.18 Å². The van der Waals surface area contributed by atoms with Crippen LogP contribution in [0.15, 0.2) is 51.8 Å². The molecule has 2 rings (SSSR count). The zero-order chi connectivity index (χ0) is 16.1. The van der Waals surface area contributed by atoms with Crippen molar-refractivity contribution in [3.63, 3.8) is 0 Å². The number of hydrogen-bond acceptors (Lipinski definition) is 3. The van der Waals surface area contributed by atoms with E-state index in [1.165, 1.54) is 10.9 Å². The van der Waals surface area contributed by atoms with Crippen LogP contribution in [0, 0.1) is 0 Å². The van der Waals surface area contributed by atoms with Crippen molar-refractivity contribution in [1.82, 2.24) is 19.7 Å². The van der Waals surface area contributed by atoms with E-state index >= 15 is 0 Å². The number of nitrogens with one attached hydrogen (secondary N) is 1. The molecule has 116 valence electrons. The third kappa shape index (κ3) is 3.82. The van der Waals surface area contributed by atoms with Gasteiger partial charge in [0, 0.05) is 11.0 Å². The Hall–Kier alpha value is -2.42. The molecule has 1 aromatic heterocycles. The highest BCUT2D eigenvalue weighted by atomic mass is 79.9. The maximum atomic E-state index is 12.7. The van der Waals surface area contributed by atoms with Crippen LogP contribution in [0.1, 0.15) is 0 Å².